The van der Waals surface area contributed by atoms with Gasteiger partial charge in [0, 0.05) is 0 Å². The van der Waals surface area contributed by atoms with Gasteiger partial charge in [-0.3, -0.25) is 0 Å². The van der Waals surface area contributed by atoms with E-state index in [2.05, 4.69) is 73.7 Å². The van der Waals surface area contributed by atoms with E-state index in [9.17, 15) is 0 Å². The van der Waals surface area contributed by atoms with E-state index in [1.165, 1.54) is 36.0 Å². The summed E-state index contributed by atoms with van der Waals surface area (Å²) < 4.78 is 0. The van der Waals surface area contributed by atoms with Gasteiger partial charge in [-0.2, -0.15) is 0 Å². The monoisotopic (exact) mass is 250 g/mol. The van der Waals surface area contributed by atoms with E-state index in [1.54, 1.807) is 0 Å². The zero-order valence-corrected chi connectivity index (χ0v) is 11.7. The summed E-state index contributed by atoms with van der Waals surface area (Å²) in [4.78, 5) is 0. The Bertz CT molecular complexity index is 494. The lowest BCUT2D eigenvalue weighted by Gasteiger charge is -2.08. The maximum atomic E-state index is 2.41. The molecule has 0 nitrogen and oxygen atoms in total. The largest absolute Gasteiger partial charge is 0.0804 e. The maximum absolute atomic E-state index is 2.41. The van der Waals surface area contributed by atoms with Crippen LogP contribution in [0.15, 0.2) is 66.7 Å². The van der Waals surface area contributed by atoms with E-state index in [1.807, 2.05) is 0 Å². The molecule has 0 heteroatoms. The van der Waals surface area contributed by atoms with Crippen molar-refractivity contribution in [1.29, 1.82) is 0 Å². The Morgan fingerprint density at radius 3 is 2.16 bits per heavy atom. The van der Waals surface area contributed by atoms with Gasteiger partial charge in [0.05, 0.1) is 0 Å². The fraction of sp³-hybridized carbons (Fsp3) is 0.263. The van der Waals surface area contributed by atoms with Gasteiger partial charge in [-0.25, -0.2) is 0 Å². The predicted octanol–water partition coefficient (Wildman–Crippen LogP) is 5.50. The molecular formula is C19H22. The summed E-state index contributed by atoms with van der Waals surface area (Å²) in [6.07, 6.45) is 7.13. The van der Waals surface area contributed by atoms with Crippen molar-refractivity contribution in [3.8, 4) is 0 Å². The van der Waals surface area contributed by atoms with Crippen LogP contribution in [0, 0.1) is 0 Å². The molecule has 0 amide bonds. The van der Waals surface area contributed by atoms with Crippen molar-refractivity contribution in [2.75, 3.05) is 0 Å². The lowest BCUT2D eigenvalue weighted by atomic mass is 9.97. The number of rotatable bonds is 6. The molecule has 0 radical (unpaired) electrons. The summed E-state index contributed by atoms with van der Waals surface area (Å²) >= 11 is 0. The molecule has 98 valence electrons. The third-order valence-electron chi connectivity index (χ3n) is 3.33. The Labute approximate surface area is 116 Å². The lowest BCUT2D eigenvalue weighted by Crippen LogP contribution is -1.91. The van der Waals surface area contributed by atoms with Crippen LogP contribution in [0.3, 0.4) is 0 Å². The fourth-order valence-electron chi connectivity index (χ4n) is 2.24. The summed E-state index contributed by atoms with van der Waals surface area (Å²) in [5, 5.41) is 0. The van der Waals surface area contributed by atoms with Crippen molar-refractivity contribution in [2.45, 2.75) is 32.6 Å². The first kappa shape index (κ1) is 13.6. The van der Waals surface area contributed by atoms with Crippen LogP contribution in [-0.4, -0.2) is 0 Å². The first-order valence-electron chi connectivity index (χ1n) is 7.18. The molecule has 0 N–H and O–H groups in total. The van der Waals surface area contributed by atoms with Gasteiger partial charge in [0.1, 0.15) is 0 Å². The van der Waals surface area contributed by atoms with Crippen LogP contribution >= 0.6 is 0 Å². The molecule has 0 aliphatic rings. The van der Waals surface area contributed by atoms with Gasteiger partial charge < -0.3 is 0 Å². The van der Waals surface area contributed by atoms with Crippen LogP contribution in [0.4, 0.5) is 0 Å². The maximum Gasteiger partial charge on any atom is -0.00230 e. The second kappa shape index (κ2) is 7.58. The molecule has 2 aromatic carbocycles. The van der Waals surface area contributed by atoms with Crippen molar-refractivity contribution >= 4 is 5.57 Å². The molecule has 0 aliphatic heterocycles. The highest BCUT2D eigenvalue weighted by molar-refractivity contribution is 5.67. The van der Waals surface area contributed by atoms with Gasteiger partial charge in [-0.1, -0.05) is 86.5 Å². The molecule has 0 spiro atoms. The number of hydrogen-bond acceptors (Lipinski definition) is 0. The first-order valence-corrected chi connectivity index (χ1v) is 7.18. The van der Waals surface area contributed by atoms with Crippen molar-refractivity contribution < 1.29 is 0 Å². The Balaban J connectivity index is 2.17. The summed E-state index contributed by atoms with van der Waals surface area (Å²) in [6, 6.07) is 21.5. The highest BCUT2D eigenvalue weighted by atomic mass is 14.1. The molecule has 0 aromatic heterocycles. The SMILES string of the molecule is CCCC/C=C(\Cc1ccccc1)c1ccccc1. The van der Waals surface area contributed by atoms with E-state index < -0.39 is 0 Å². The molecule has 0 heterocycles. The van der Waals surface area contributed by atoms with E-state index in [4.69, 9.17) is 0 Å². The van der Waals surface area contributed by atoms with E-state index >= 15 is 0 Å². The van der Waals surface area contributed by atoms with Crippen LogP contribution in [0.5, 0.6) is 0 Å². The van der Waals surface area contributed by atoms with Gasteiger partial charge in [0.2, 0.25) is 0 Å². The molecule has 0 bridgehead atoms. The van der Waals surface area contributed by atoms with Gasteiger partial charge in [-0.05, 0) is 29.5 Å². The Morgan fingerprint density at radius 1 is 0.895 bits per heavy atom. The first-order chi connectivity index (χ1) is 9.40. The second-order valence-electron chi connectivity index (χ2n) is 4.90. The van der Waals surface area contributed by atoms with Crippen LogP contribution in [0.1, 0.15) is 37.3 Å². The van der Waals surface area contributed by atoms with Crippen molar-refractivity contribution in [1.82, 2.24) is 0 Å². The van der Waals surface area contributed by atoms with Gasteiger partial charge in [0.25, 0.3) is 0 Å². The van der Waals surface area contributed by atoms with Gasteiger partial charge in [0.15, 0.2) is 0 Å². The minimum Gasteiger partial charge on any atom is -0.0804 e. The second-order valence-corrected chi connectivity index (χ2v) is 4.90. The van der Waals surface area contributed by atoms with Crippen molar-refractivity contribution in [3.05, 3.63) is 77.9 Å². The minimum absolute atomic E-state index is 1.02. The quantitative estimate of drug-likeness (QED) is 0.594. The molecule has 0 atom stereocenters. The molecule has 0 unspecified atom stereocenters. The van der Waals surface area contributed by atoms with Crippen molar-refractivity contribution in [2.24, 2.45) is 0 Å². The number of allylic oxidation sites excluding steroid dienone is 2. The molecule has 0 saturated heterocycles. The van der Waals surface area contributed by atoms with Crippen LogP contribution < -0.4 is 0 Å². The van der Waals surface area contributed by atoms with E-state index in [0.29, 0.717) is 0 Å². The standard InChI is InChI=1S/C19H22/c1-2-3-6-15-19(18-13-9-5-10-14-18)16-17-11-7-4-8-12-17/h4-5,7-15H,2-3,6,16H2,1H3/b19-15+. The Hall–Kier alpha value is -1.82. The average molecular weight is 250 g/mol. The van der Waals surface area contributed by atoms with E-state index in [0.717, 1.165) is 6.42 Å². The smallest absolute Gasteiger partial charge is 0.00230 e. The fourth-order valence-corrected chi connectivity index (χ4v) is 2.24. The zero-order valence-electron chi connectivity index (χ0n) is 11.7. The minimum atomic E-state index is 1.02. The summed E-state index contributed by atoms with van der Waals surface area (Å²) in [7, 11) is 0. The molecular weight excluding hydrogens is 228 g/mol. The van der Waals surface area contributed by atoms with Gasteiger partial charge >= 0.3 is 0 Å². The highest BCUT2D eigenvalue weighted by Gasteiger charge is 2.02. The predicted molar refractivity (Wildman–Crippen MR) is 84.1 cm³/mol. The highest BCUT2D eigenvalue weighted by Crippen LogP contribution is 2.20. The topological polar surface area (TPSA) is 0 Å². The third-order valence-corrected chi connectivity index (χ3v) is 3.33. The normalized spacial score (nSPS) is 11.5. The lowest BCUT2D eigenvalue weighted by molar-refractivity contribution is 0.814. The van der Waals surface area contributed by atoms with Crippen LogP contribution in [0.25, 0.3) is 5.57 Å². The average Bonchev–Trinajstić information content (AvgIpc) is 2.48. The van der Waals surface area contributed by atoms with Crippen molar-refractivity contribution in [3.63, 3.8) is 0 Å². The Morgan fingerprint density at radius 2 is 1.53 bits per heavy atom. The molecule has 0 fully saturated rings. The zero-order chi connectivity index (χ0) is 13.3. The summed E-state index contributed by atoms with van der Waals surface area (Å²) in [5.74, 6) is 0. The molecule has 0 aliphatic carbocycles. The van der Waals surface area contributed by atoms with Gasteiger partial charge in [-0.15, -0.1) is 0 Å². The summed E-state index contributed by atoms with van der Waals surface area (Å²) in [5.41, 5.74) is 4.18. The number of benzene rings is 2. The molecule has 19 heavy (non-hydrogen) atoms. The Kier molecular flexibility index (Phi) is 5.43. The molecule has 0 saturated carbocycles. The molecule has 2 aromatic rings. The number of hydrogen-bond donors (Lipinski definition) is 0. The third kappa shape index (κ3) is 4.40. The van der Waals surface area contributed by atoms with Crippen LogP contribution in [-0.2, 0) is 6.42 Å². The number of unbranched alkanes of at least 4 members (excludes halogenated alkanes) is 2. The van der Waals surface area contributed by atoms with Crippen LogP contribution in [0.2, 0.25) is 0 Å². The molecule has 2 rings (SSSR count). The summed E-state index contributed by atoms with van der Waals surface area (Å²) in [6.45, 7) is 2.24. The van der Waals surface area contributed by atoms with E-state index in [-0.39, 0.29) is 0 Å².